The lowest BCUT2D eigenvalue weighted by atomic mass is 10.0. The number of benzene rings is 4. The monoisotopic (exact) mass is 605 g/mol. The molecule has 4 aromatic rings. The molecule has 230 valence electrons. The molecule has 5 atom stereocenters. The van der Waals surface area contributed by atoms with Crippen molar-refractivity contribution in [1.29, 1.82) is 0 Å². The second-order valence-electron chi connectivity index (χ2n) is 13.5. The summed E-state index contributed by atoms with van der Waals surface area (Å²) in [5.74, 6) is 0. The minimum Gasteiger partial charge on any atom is -0.406 e. The van der Waals surface area contributed by atoms with Gasteiger partial charge in [-0.15, -0.1) is 0 Å². The molecule has 0 N–H and O–H groups in total. The van der Waals surface area contributed by atoms with Crippen molar-refractivity contribution in [3.63, 3.8) is 0 Å². The van der Waals surface area contributed by atoms with Gasteiger partial charge in [-0.2, -0.15) is 0 Å². The molecule has 0 aliphatic carbocycles. The van der Waals surface area contributed by atoms with Crippen LogP contribution in [0.5, 0.6) is 0 Å². The van der Waals surface area contributed by atoms with Gasteiger partial charge in [-0.25, -0.2) is 0 Å². The largest absolute Gasteiger partial charge is 0.406 e. The van der Waals surface area contributed by atoms with Crippen LogP contribution in [0.15, 0.2) is 121 Å². The molecule has 0 spiro atoms. The maximum atomic E-state index is 7.56. The number of rotatable bonds is 11. The number of hydrogen-bond donors (Lipinski definition) is 0. The van der Waals surface area contributed by atoms with E-state index in [-0.39, 0.29) is 23.3 Å². The van der Waals surface area contributed by atoms with Gasteiger partial charge in [0.2, 0.25) is 0 Å². The molecule has 0 saturated carbocycles. The minimum atomic E-state index is -2.72. The fourth-order valence-electron chi connectivity index (χ4n) is 7.65. The molecule has 4 aromatic carbocycles. The molecule has 4 nitrogen and oxygen atoms in total. The van der Waals surface area contributed by atoms with E-state index in [2.05, 4.69) is 154 Å². The first-order valence-electron chi connectivity index (χ1n) is 16.2. The second-order valence-corrected chi connectivity index (χ2v) is 17.8. The average Bonchev–Trinajstić information content (AvgIpc) is 3.57. The van der Waals surface area contributed by atoms with E-state index in [4.69, 9.17) is 13.9 Å². The van der Waals surface area contributed by atoms with Gasteiger partial charge in [-0.1, -0.05) is 142 Å². The highest BCUT2D eigenvalue weighted by Crippen LogP contribution is 2.43. The molecular weight excluding hydrogens is 559 g/mol. The summed E-state index contributed by atoms with van der Waals surface area (Å²) in [5.41, 5.74) is 2.37. The molecule has 2 heterocycles. The Hall–Kier alpha value is -3.06. The van der Waals surface area contributed by atoms with Crippen LogP contribution in [0.4, 0.5) is 0 Å². The summed E-state index contributed by atoms with van der Waals surface area (Å²) in [7, 11) is -2.72. The van der Waals surface area contributed by atoms with E-state index in [1.165, 1.54) is 21.5 Å². The number of hydrogen-bond acceptors (Lipinski definition) is 4. The Labute approximate surface area is 265 Å². The van der Waals surface area contributed by atoms with E-state index in [0.717, 1.165) is 12.8 Å². The van der Waals surface area contributed by atoms with Crippen LogP contribution in [-0.4, -0.2) is 50.2 Å². The molecule has 2 aliphatic rings. The Bertz CT molecular complexity index is 1410. The first-order valence-corrected chi connectivity index (χ1v) is 18.1. The summed E-state index contributed by atoms with van der Waals surface area (Å²) in [6, 6.07) is 43.8. The van der Waals surface area contributed by atoms with E-state index < -0.39 is 8.32 Å². The van der Waals surface area contributed by atoms with Crippen molar-refractivity contribution in [1.82, 2.24) is 4.90 Å². The zero-order valence-corrected chi connectivity index (χ0v) is 27.6. The van der Waals surface area contributed by atoms with Crippen LogP contribution < -0.4 is 10.4 Å². The highest BCUT2D eigenvalue weighted by molar-refractivity contribution is 6.99. The lowest BCUT2D eigenvalue weighted by Crippen LogP contribution is -2.67. The van der Waals surface area contributed by atoms with E-state index in [1.807, 2.05) is 0 Å². The number of fused-ring (bicyclic) bond motifs is 1. The predicted octanol–water partition coefficient (Wildman–Crippen LogP) is 6.97. The zero-order valence-electron chi connectivity index (χ0n) is 26.6. The van der Waals surface area contributed by atoms with E-state index in [1.54, 1.807) is 0 Å². The van der Waals surface area contributed by atoms with Gasteiger partial charge in [-0.05, 0) is 46.3 Å². The van der Waals surface area contributed by atoms with Crippen LogP contribution in [0.3, 0.4) is 0 Å². The van der Waals surface area contributed by atoms with Crippen LogP contribution in [0.2, 0.25) is 5.04 Å². The standard InChI is InChI=1S/C39H47NO3Si/c1-30-25-26-35-37(41-27-31-17-9-5-10-18-31)38(42-28-32-19-11-6-12-20-32)36(40(30)35)29-43-44(39(2,3)4,33-21-13-7-14-22-33)34-23-15-8-16-24-34/h5-24,30,35-38H,25-29H2,1-4H3/t30-,35-,36+,37-,38+/m1/s1. The molecule has 0 amide bonds. The second kappa shape index (κ2) is 13.5. The summed E-state index contributed by atoms with van der Waals surface area (Å²) >= 11 is 0. The van der Waals surface area contributed by atoms with Crippen molar-refractivity contribution in [3.05, 3.63) is 132 Å². The summed E-state index contributed by atoms with van der Waals surface area (Å²) < 4.78 is 21.3. The third-order valence-electron chi connectivity index (χ3n) is 9.70. The Morgan fingerprint density at radius 1 is 0.636 bits per heavy atom. The van der Waals surface area contributed by atoms with Gasteiger partial charge < -0.3 is 13.9 Å². The average molecular weight is 606 g/mol. The molecule has 0 bridgehead atoms. The van der Waals surface area contributed by atoms with Crippen molar-refractivity contribution in [2.45, 2.75) is 89.1 Å². The van der Waals surface area contributed by atoms with E-state index >= 15 is 0 Å². The fraction of sp³-hybridized carbons (Fsp3) is 0.385. The van der Waals surface area contributed by atoms with Gasteiger partial charge in [0.25, 0.3) is 8.32 Å². The van der Waals surface area contributed by atoms with Gasteiger partial charge in [-0.3, -0.25) is 4.90 Å². The van der Waals surface area contributed by atoms with Crippen molar-refractivity contribution in [2.75, 3.05) is 6.61 Å². The lowest BCUT2D eigenvalue weighted by Gasteiger charge is -2.44. The normalized spacial score (nSPS) is 24.0. The molecule has 2 fully saturated rings. The molecule has 44 heavy (non-hydrogen) atoms. The number of ether oxygens (including phenoxy) is 2. The Balaban J connectivity index is 1.36. The third-order valence-corrected chi connectivity index (χ3v) is 14.7. The topological polar surface area (TPSA) is 30.9 Å². The SMILES string of the molecule is C[C@@H]1CC[C@@H]2[C@@H](OCc3ccccc3)[C@@H](OCc3ccccc3)[C@H](CO[Si](c3ccccc3)(c3ccccc3)C(C)(C)C)N12. The summed E-state index contributed by atoms with van der Waals surface area (Å²) in [6.45, 7) is 11.2. The van der Waals surface area contributed by atoms with Gasteiger partial charge in [0.05, 0.1) is 25.9 Å². The highest BCUT2D eigenvalue weighted by Gasteiger charge is 2.57. The lowest BCUT2D eigenvalue weighted by molar-refractivity contribution is -0.0834. The first-order chi connectivity index (χ1) is 21.4. The van der Waals surface area contributed by atoms with Crippen LogP contribution in [0.1, 0.15) is 51.7 Å². The van der Waals surface area contributed by atoms with Gasteiger partial charge in [0.15, 0.2) is 0 Å². The van der Waals surface area contributed by atoms with Gasteiger partial charge >= 0.3 is 0 Å². The minimum absolute atomic E-state index is 0.0309. The van der Waals surface area contributed by atoms with Crippen molar-refractivity contribution >= 4 is 18.7 Å². The Morgan fingerprint density at radius 2 is 1.09 bits per heavy atom. The molecule has 2 aliphatic heterocycles. The summed E-state index contributed by atoms with van der Waals surface area (Å²) in [4.78, 5) is 2.68. The van der Waals surface area contributed by atoms with Crippen LogP contribution >= 0.6 is 0 Å². The van der Waals surface area contributed by atoms with Gasteiger partial charge in [0, 0.05) is 12.1 Å². The predicted molar refractivity (Wildman–Crippen MR) is 182 cm³/mol. The van der Waals surface area contributed by atoms with E-state index in [0.29, 0.717) is 31.9 Å². The Kier molecular flexibility index (Phi) is 9.50. The van der Waals surface area contributed by atoms with Crippen LogP contribution in [-0.2, 0) is 27.1 Å². The maximum Gasteiger partial charge on any atom is 0.261 e. The molecule has 0 radical (unpaired) electrons. The van der Waals surface area contributed by atoms with Crippen LogP contribution in [0.25, 0.3) is 0 Å². The van der Waals surface area contributed by atoms with Crippen molar-refractivity contribution in [2.24, 2.45) is 0 Å². The highest BCUT2D eigenvalue weighted by atomic mass is 28.4. The fourth-order valence-corrected chi connectivity index (χ4v) is 12.2. The third kappa shape index (κ3) is 6.22. The molecule has 0 aromatic heterocycles. The summed E-state index contributed by atoms with van der Waals surface area (Å²) in [6.07, 6.45) is 2.14. The molecule has 2 saturated heterocycles. The summed E-state index contributed by atoms with van der Waals surface area (Å²) in [5, 5.41) is 2.52. The maximum absolute atomic E-state index is 7.56. The smallest absolute Gasteiger partial charge is 0.261 e. The molecule has 0 unspecified atom stereocenters. The zero-order chi connectivity index (χ0) is 30.6. The van der Waals surface area contributed by atoms with E-state index in [9.17, 15) is 0 Å². The quantitative estimate of drug-likeness (QED) is 0.173. The molecular formula is C39H47NO3Si. The number of nitrogens with zero attached hydrogens (tertiary/aromatic N) is 1. The first kappa shape index (κ1) is 30.9. The van der Waals surface area contributed by atoms with Gasteiger partial charge in [0.1, 0.15) is 12.2 Å². The molecule has 6 rings (SSSR count). The van der Waals surface area contributed by atoms with Crippen molar-refractivity contribution in [3.8, 4) is 0 Å². The molecule has 5 heteroatoms. The van der Waals surface area contributed by atoms with Crippen molar-refractivity contribution < 1.29 is 13.9 Å². The Morgan fingerprint density at radius 3 is 1.57 bits per heavy atom. The van der Waals surface area contributed by atoms with Crippen LogP contribution in [0, 0.1) is 0 Å².